The van der Waals surface area contributed by atoms with Crippen molar-refractivity contribution >= 4 is 0 Å². The lowest BCUT2D eigenvalue weighted by atomic mass is 10.2. The molecule has 0 N–H and O–H groups in total. The zero-order chi connectivity index (χ0) is 12.6. The maximum atomic E-state index is 5.07. The molecule has 2 aliphatic heterocycles. The van der Waals surface area contributed by atoms with Crippen molar-refractivity contribution in [3.63, 3.8) is 0 Å². The van der Waals surface area contributed by atoms with Gasteiger partial charge >= 0.3 is 0 Å². The highest BCUT2D eigenvalue weighted by atomic mass is 16.5. The molecule has 0 unspecified atom stereocenters. The molecule has 0 aromatic heterocycles. The first-order chi connectivity index (χ1) is 8.41. The molecule has 2 aliphatic rings. The van der Waals surface area contributed by atoms with Crippen molar-refractivity contribution in [2.45, 2.75) is 71.6 Å². The zero-order valence-corrected chi connectivity index (χ0v) is 12.0. The average molecular weight is 244 g/mol. The van der Waals surface area contributed by atoms with E-state index in [1.54, 1.807) is 0 Å². The molecule has 0 amide bonds. The van der Waals surface area contributed by atoms with Gasteiger partial charge in [0.25, 0.3) is 0 Å². The first-order valence-corrected chi connectivity index (χ1v) is 7.57. The third kappa shape index (κ3) is 15.9. The fourth-order valence-electron chi connectivity index (χ4n) is 1.73. The molecule has 0 radical (unpaired) electrons. The van der Waals surface area contributed by atoms with Gasteiger partial charge in [-0.3, -0.25) is 0 Å². The number of unbranched alkanes of at least 4 members (excludes halogenated alkanes) is 2. The van der Waals surface area contributed by atoms with Crippen LogP contribution in [0.3, 0.4) is 0 Å². The van der Waals surface area contributed by atoms with Crippen molar-refractivity contribution in [3.8, 4) is 0 Å². The molecule has 0 aromatic rings. The molecule has 17 heavy (non-hydrogen) atoms. The lowest BCUT2D eigenvalue weighted by Crippen LogP contribution is -2.03. The van der Waals surface area contributed by atoms with E-state index in [0.717, 1.165) is 26.4 Å². The molecule has 0 spiro atoms. The fourth-order valence-corrected chi connectivity index (χ4v) is 1.73. The summed E-state index contributed by atoms with van der Waals surface area (Å²) in [4.78, 5) is 0. The summed E-state index contributed by atoms with van der Waals surface area (Å²) in [5.41, 5.74) is 0. The number of ether oxygens (including phenoxy) is 2. The highest BCUT2D eigenvalue weighted by Crippen LogP contribution is 2.02. The first kappa shape index (κ1) is 16.9. The summed E-state index contributed by atoms with van der Waals surface area (Å²) in [6.45, 7) is 8.42. The number of rotatable bonds is 2. The molecule has 0 aromatic carbocycles. The van der Waals surface area contributed by atoms with Gasteiger partial charge in [0.05, 0.1) is 0 Å². The molecule has 0 atom stereocenters. The lowest BCUT2D eigenvalue weighted by molar-refractivity contribution is 0.0967. The van der Waals surface area contributed by atoms with Gasteiger partial charge in [0, 0.05) is 26.4 Å². The van der Waals surface area contributed by atoms with Crippen molar-refractivity contribution < 1.29 is 9.47 Å². The van der Waals surface area contributed by atoms with Crippen LogP contribution in [0.1, 0.15) is 71.6 Å². The van der Waals surface area contributed by atoms with Crippen LogP contribution in [0.2, 0.25) is 0 Å². The topological polar surface area (TPSA) is 18.5 Å². The van der Waals surface area contributed by atoms with Gasteiger partial charge in [-0.25, -0.2) is 0 Å². The Morgan fingerprint density at radius 3 is 1.00 bits per heavy atom. The van der Waals surface area contributed by atoms with Crippen molar-refractivity contribution in [2.75, 3.05) is 26.4 Å². The predicted molar refractivity (Wildman–Crippen MR) is 74.5 cm³/mol. The van der Waals surface area contributed by atoms with Crippen molar-refractivity contribution in [1.29, 1.82) is 0 Å². The van der Waals surface area contributed by atoms with E-state index in [0.29, 0.717) is 0 Å². The Morgan fingerprint density at radius 1 is 0.588 bits per heavy atom. The highest BCUT2D eigenvalue weighted by Gasteiger charge is 1.95. The van der Waals surface area contributed by atoms with E-state index in [2.05, 4.69) is 13.8 Å². The van der Waals surface area contributed by atoms with Crippen LogP contribution < -0.4 is 0 Å². The molecule has 2 heterocycles. The SMILES string of the molecule is C1CCOCC1.C1CCOCC1.CCCCC. The van der Waals surface area contributed by atoms with Crippen molar-refractivity contribution in [1.82, 2.24) is 0 Å². The van der Waals surface area contributed by atoms with Crippen LogP contribution >= 0.6 is 0 Å². The van der Waals surface area contributed by atoms with Crippen LogP contribution in [0, 0.1) is 0 Å². The van der Waals surface area contributed by atoms with E-state index in [1.165, 1.54) is 57.8 Å². The smallest absolute Gasteiger partial charge is 0.0466 e. The van der Waals surface area contributed by atoms with Crippen LogP contribution in [-0.2, 0) is 9.47 Å². The van der Waals surface area contributed by atoms with Gasteiger partial charge in [-0.2, -0.15) is 0 Å². The Labute approximate surface area is 108 Å². The summed E-state index contributed by atoms with van der Waals surface area (Å²) in [5.74, 6) is 0. The summed E-state index contributed by atoms with van der Waals surface area (Å²) in [5, 5.41) is 0. The Balaban J connectivity index is 0.000000228. The molecular weight excluding hydrogens is 212 g/mol. The zero-order valence-electron chi connectivity index (χ0n) is 12.0. The van der Waals surface area contributed by atoms with Gasteiger partial charge in [-0.05, 0) is 38.5 Å². The first-order valence-electron chi connectivity index (χ1n) is 7.57. The maximum Gasteiger partial charge on any atom is 0.0466 e. The quantitative estimate of drug-likeness (QED) is 0.708. The Bertz CT molecular complexity index is 81.1. The van der Waals surface area contributed by atoms with Crippen LogP contribution in [0.25, 0.3) is 0 Å². The number of hydrogen-bond acceptors (Lipinski definition) is 2. The Hall–Kier alpha value is -0.0800. The molecule has 2 fully saturated rings. The minimum absolute atomic E-state index is 1.00. The van der Waals surface area contributed by atoms with E-state index in [1.807, 2.05) is 0 Å². The van der Waals surface area contributed by atoms with Gasteiger partial charge < -0.3 is 9.47 Å². The van der Waals surface area contributed by atoms with E-state index >= 15 is 0 Å². The van der Waals surface area contributed by atoms with E-state index < -0.39 is 0 Å². The third-order valence-electron chi connectivity index (χ3n) is 2.86. The summed E-state index contributed by atoms with van der Waals surface area (Å²) in [7, 11) is 0. The second-order valence-corrected chi connectivity index (χ2v) is 4.70. The second kappa shape index (κ2) is 15.9. The minimum atomic E-state index is 1.00. The van der Waals surface area contributed by atoms with Gasteiger partial charge in [0.2, 0.25) is 0 Å². The summed E-state index contributed by atoms with van der Waals surface area (Å²) >= 11 is 0. The second-order valence-electron chi connectivity index (χ2n) is 4.70. The van der Waals surface area contributed by atoms with E-state index in [-0.39, 0.29) is 0 Å². The highest BCUT2D eigenvalue weighted by molar-refractivity contribution is 4.45. The summed E-state index contributed by atoms with van der Waals surface area (Å²) < 4.78 is 10.1. The summed E-state index contributed by atoms with van der Waals surface area (Å²) in [6.07, 6.45) is 11.9. The molecule has 2 heteroatoms. The molecular formula is C15H32O2. The third-order valence-corrected chi connectivity index (χ3v) is 2.86. The largest absolute Gasteiger partial charge is 0.381 e. The van der Waals surface area contributed by atoms with Gasteiger partial charge in [0.1, 0.15) is 0 Å². The molecule has 2 rings (SSSR count). The Kier molecular flexibility index (Phi) is 15.8. The van der Waals surface area contributed by atoms with Crippen molar-refractivity contribution in [2.24, 2.45) is 0 Å². The average Bonchev–Trinajstić information content (AvgIpc) is 2.45. The molecule has 0 saturated carbocycles. The maximum absolute atomic E-state index is 5.07. The molecule has 0 aliphatic carbocycles. The van der Waals surface area contributed by atoms with Gasteiger partial charge in [0.15, 0.2) is 0 Å². The van der Waals surface area contributed by atoms with Crippen LogP contribution in [0.15, 0.2) is 0 Å². The van der Waals surface area contributed by atoms with Crippen LogP contribution in [-0.4, -0.2) is 26.4 Å². The lowest BCUT2D eigenvalue weighted by Gasteiger charge is -2.08. The minimum Gasteiger partial charge on any atom is -0.381 e. The monoisotopic (exact) mass is 244 g/mol. The van der Waals surface area contributed by atoms with Crippen LogP contribution in [0.5, 0.6) is 0 Å². The van der Waals surface area contributed by atoms with Crippen molar-refractivity contribution in [3.05, 3.63) is 0 Å². The molecule has 0 bridgehead atoms. The predicted octanol–water partition coefficient (Wildman–Crippen LogP) is 4.57. The molecule has 104 valence electrons. The fraction of sp³-hybridized carbons (Fsp3) is 1.00. The molecule has 2 saturated heterocycles. The van der Waals surface area contributed by atoms with E-state index in [9.17, 15) is 0 Å². The van der Waals surface area contributed by atoms with Gasteiger partial charge in [-0.1, -0.05) is 33.1 Å². The molecule has 2 nitrogen and oxygen atoms in total. The van der Waals surface area contributed by atoms with Gasteiger partial charge in [-0.15, -0.1) is 0 Å². The Morgan fingerprint density at radius 2 is 0.941 bits per heavy atom. The van der Waals surface area contributed by atoms with Crippen LogP contribution in [0.4, 0.5) is 0 Å². The number of hydrogen-bond donors (Lipinski definition) is 0. The summed E-state index contributed by atoms with van der Waals surface area (Å²) in [6, 6.07) is 0. The standard InChI is InChI=1S/2C5H10O.C5H12/c2*1-2-4-6-5-3-1;1-3-5-4-2/h2*1-5H2;3-5H2,1-2H3. The normalized spacial score (nSPS) is 19.4. The van der Waals surface area contributed by atoms with E-state index in [4.69, 9.17) is 9.47 Å².